The van der Waals surface area contributed by atoms with Gasteiger partial charge in [0, 0.05) is 0 Å². The zero-order valence-electron chi connectivity index (χ0n) is 22.5. The van der Waals surface area contributed by atoms with Crippen LogP contribution in [0.3, 0.4) is 0 Å². The van der Waals surface area contributed by atoms with Gasteiger partial charge in [0.2, 0.25) is 0 Å². The SMILES string of the molecule is Cc1ccccc1N(CC(=O)N/N=C\c1ccc(OCc2cccc3ccccc23)cc1)S(=O)(=O)c1ccccc1. The molecule has 5 aromatic rings. The maximum atomic E-state index is 13.5. The third kappa shape index (κ3) is 6.62. The van der Waals surface area contributed by atoms with Gasteiger partial charge in [-0.25, -0.2) is 13.8 Å². The van der Waals surface area contributed by atoms with E-state index in [0.717, 1.165) is 26.4 Å². The second-order valence-corrected chi connectivity index (χ2v) is 11.3. The molecule has 0 aliphatic carbocycles. The van der Waals surface area contributed by atoms with Gasteiger partial charge in [-0.2, -0.15) is 5.10 Å². The fraction of sp³-hybridized carbons (Fsp3) is 0.0909. The van der Waals surface area contributed by atoms with Crippen molar-refractivity contribution >= 4 is 38.6 Å². The van der Waals surface area contributed by atoms with Crippen molar-refractivity contribution in [3.8, 4) is 5.75 Å². The van der Waals surface area contributed by atoms with Gasteiger partial charge in [-0.15, -0.1) is 0 Å². The fourth-order valence-corrected chi connectivity index (χ4v) is 5.94. The van der Waals surface area contributed by atoms with E-state index < -0.39 is 22.5 Å². The van der Waals surface area contributed by atoms with Crippen LogP contribution in [0.5, 0.6) is 5.75 Å². The molecule has 1 N–H and O–H groups in total. The number of ether oxygens (including phenoxy) is 1. The fourth-order valence-electron chi connectivity index (χ4n) is 4.44. The number of carbonyl (C=O) groups is 1. The molecule has 8 heteroatoms. The highest BCUT2D eigenvalue weighted by atomic mass is 32.2. The summed E-state index contributed by atoms with van der Waals surface area (Å²) in [4.78, 5) is 12.9. The van der Waals surface area contributed by atoms with Gasteiger partial charge in [-0.3, -0.25) is 9.10 Å². The predicted molar refractivity (Wildman–Crippen MR) is 163 cm³/mol. The summed E-state index contributed by atoms with van der Waals surface area (Å²) in [5, 5.41) is 6.36. The highest BCUT2D eigenvalue weighted by molar-refractivity contribution is 7.92. The molecule has 0 spiro atoms. The maximum absolute atomic E-state index is 13.5. The summed E-state index contributed by atoms with van der Waals surface area (Å²) < 4.78 is 34.0. The number of sulfonamides is 1. The van der Waals surface area contributed by atoms with Crippen molar-refractivity contribution < 1.29 is 17.9 Å². The number of hydrogen-bond donors (Lipinski definition) is 1. The summed E-state index contributed by atoms with van der Waals surface area (Å²) in [5.41, 5.74) is 5.45. The Morgan fingerprint density at radius 1 is 0.829 bits per heavy atom. The van der Waals surface area contributed by atoms with Crippen LogP contribution in [0.2, 0.25) is 0 Å². The second kappa shape index (κ2) is 12.5. The maximum Gasteiger partial charge on any atom is 0.264 e. The van der Waals surface area contributed by atoms with E-state index in [1.54, 1.807) is 43.3 Å². The molecule has 0 aromatic heterocycles. The van der Waals surface area contributed by atoms with E-state index in [9.17, 15) is 13.2 Å². The molecule has 5 aromatic carbocycles. The number of amides is 1. The van der Waals surface area contributed by atoms with Crippen molar-refractivity contribution in [3.63, 3.8) is 0 Å². The van der Waals surface area contributed by atoms with E-state index >= 15 is 0 Å². The molecular formula is C33H29N3O4S. The molecule has 0 saturated carbocycles. The van der Waals surface area contributed by atoms with Crippen molar-refractivity contribution in [1.82, 2.24) is 5.43 Å². The summed E-state index contributed by atoms with van der Waals surface area (Å²) in [6, 6.07) is 36.7. The Morgan fingerprint density at radius 3 is 2.29 bits per heavy atom. The molecule has 0 saturated heterocycles. The minimum Gasteiger partial charge on any atom is -0.489 e. The average Bonchev–Trinajstić information content (AvgIpc) is 3.00. The molecule has 0 atom stereocenters. The van der Waals surface area contributed by atoms with Crippen molar-refractivity contribution in [2.45, 2.75) is 18.4 Å². The van der Waals surface area contributed by atoms with E-state index in [4.69, 9.17) is 4.74 Å². The topological polar surface area (TPSA) is 88.1 Å². The molecule has 7 nitrogen and oxygen atoms in total. The first-order valence-corrected chi connectivity index (χ1v) is 14.5. The van der Waals surface area contributed by atoms with Crippen LogP contribution in [0.1, 0.15) is 16.7 Å². The third-order valence-corrected chi connectivity index (χ3v) is 8.33. The number of hydrogen-bond acceptors (Lipinski definition) is 5. The van der Waals surface area contributed by atoms with Gasteiger partial charge in [-0.1, -0.05) is 78.9 Å². The number of nitrogens with one attached hydrogen (secondary N) is 1. The van der Waals surface area contributed by atoms with E-state index in [-0.39, 0.29) is 4.90 Å². The number of nitrogens with zero attached hydrogens (tertiary/aromatic N) is 2. The molecule has 0 heterocycles. The smallest absolute Gasteiger partial charge is 0.264 e. The quantitative estimate of drug-likeness (QED) is 0.165. The Kier molecular flexibility index (Phi) is 8.41. The largest absolute Gasteiger partial charge is 0.489 e. The number of benzene rings is 5. The van der Waals surface area contributed by atoms with Crippen molar-refractivity contribution in [3.05, 3.63) is 138 Å². The zero-order chi connectivity index (χ0) is 28.7. The number of hydrazone groups is 1. The highest BCUT2D eigenvalue weighted by Gasteiger charge is 2.28. The summed E-state index contributed by atoms with van der Waals surface area (Å²) in [5.74, 6) is 0.137. The minimum absolute atomic E-state index is 0.0994. The first-order valence-electron chi connectivity index (χ1n) is 13.1. The Balaban J connectivity index is 1.22. The first kappa shape index (κ1) is 27.6. The molecule has 41 heavy (non-hydrogen) atoms. The number of carbonyl (C=O) groups excluding carboxylic acids is 1. The molecule has 0 unspecified atom stereocenters. The molecular weight excluding hydrogens is 534 g/mol. The van der Waals surface area contributed by atoms with Crippen LogP contribution in [0.25, 0.3) is 10.8 Å². The Hall–Kier alpha value is -4.95. The second-order valence-electron chi connectivity index (χ2n) is 9.40. The van der Waals surface area contributed by atoms with Crippen LogP contribution in [0.15, 0.2) is 131 Å². The lowest BCUT2D eigenvalue weighted by Crippen LogP contribution is -2.40. The number of rotatable bonds is 10. The van der Waals surface area contributed by atoms with Gasteiger partial charge < -0.3 is 4.74 Å². The van der Waals surface area contributed by atoms with Gasteiger partial charge in [-0.05, 0) is 76.9 Å². The van der Waals surface area contributed by atoms with E-state index in [2.05, 4.69) is 34.8 Å². The monoisotopic (exact) mass is 563 g/mol. The Labute approximate surface area is 239 Å². The van der Waals surface area contributed by atoms with Crippen LogP contribution < -0.4 is 14.5 Å². The van der Waals surface area contributed by atoms with Gasteiger partial charge >= 0.3 is 0 Å². The normalized spacial score (nSPS) is 11.4. The lowest BCUT2D eigenvalue weighted by atomic mass is 10.1. The van der Waals surface area contributed by atoms with Crippen LogP contribution in [-0.4, -0.2) is 27.1 Å². The third-order valence-electron chi connectivity index (χ3n) is 6.56. The molecule has 0 aliphatic heterocycles. The first-order chi connectivity index (χ1) is 19.9. The van der Waals surface area contributed by atoms with E-state index in [1.807, 2.05) is 48.5 Å². The van der Waals surface area contributed by atoms with E-state index in [1.165, 1.54) is 23.7 Å². The molecule has 0 fully saturated rings. The average molecular weight is 564 g/mol. The van der Waals surface area contributed by atoms with Gasteiger partial charge in [0.25, 0.3) is 15.9 Å². The zero-order valence-corrected chi connectivity index (χ0v) is 23.3. The van der Waals surface area contributed by atoms with E-state index in [0.29, 0.717) is 18.0 Å². The molecule has 1 amide bonds. The molecule has 0 radical (unpaired) electrons. The molecule has 0 aliphatic rings. The van der Waals surface area contributed by atoms with Gasteiger partial charge in [0.05, 0.1) is 16.8 Å². The number of fused-ring (bicyclic) bond motifs is 1. The van der Waals surface area contributed by atoms with Gasteiger partial charge in [0.1, 0.15) is 18.9 Å². The van der Waals surface area contributed by atoms with Crippen LogP contribution in [0.4, 0.5) is 5.69 Å². The highest BCUT2D eigenvalue weighted by Crippen LogP contribution is 2.26. The minimum atomic E-state index is -3.98. The van der Waals surface area contributed by atoms with Crippen LogP contribution in [0, 0.1) is 6.92 Å². The number of aryl methyl sites for hydroxylation is 1. The van der Waals surface area contributed by atoms with Crippen LogP contribution >= 0.6 is 0 Å². The Morgan fingerprint density at radius 2 is 1.51 bits per heavy atom. The summed E-state index contributed by atoms with van der Waals surface area (Å²) >= 11 is 0. The lowest BCUT2D eigenvalue weighted by molar-refractivity contribution is -0.119. The Bertz CT molecular complexity index is 1780. The summed E-state index contributed by atoms with van der Waals surface area (Å²) in [6.07, 6.45) is 1.50. The summed E-state index contributed by atoms with van der Waals surface area (Å²) in [6.45, 7) is 1.81. The molecule has 5 rings (SSSR count). The van der Waals surface area contributed by atoms with Crippen LogP contribution in [-0.2, 0) is 21.4 Å². The number of anilines is 1. The molecule has 0 bridgehead atoms. The van der Waals surface area contributed by atoms with Crippen molar-refractivity contribution in [1.29, 1.82) is 0 Å². The van der Waals surface area contributed by atoms with Gasteiger partial charge in [0.15, 0.2) is 0 Å². The van der Waals surface area contributed by atoms with Crippen molar-refractivity contribution in [2.75, 3.05) is 10.8 Å². The summed E-state index contributed by atoms with van der Waals surface area (Å²) in [7, 11) is -3.98. The standard InChI is InChI=1S/C33H29N3O4S/c1-25-10-5-8-17-32(25)36(41(38,39)30-14-3-2-4-15-30)23-33(37)35-34-22-26-18-20-29(21-19-26)40-24-28-13-9-12-27-11-6-7-16-31(27)28/h2-22H,23-24H2,1H3,(H,35,37)/b34-22-. The number of para-hydroxylation sites is 1. The molecule has 206 valence electrons. The lowest BCUT2D eigenvalue weighted by Gasteiger charge is -2.25. The predicted octanol–water partition coefficient (Wildman–Crippen LogP) is 6.07. The van der Waals surface area contributed by atoms with Crippen molar-refractivity contribution in [2.24, 2.45) is 5.10 Å².